The molecular weight excluding hydrogens is 496 g/mol. The van der Waals surface area contributed by atoms with Crippen LogP contribution < -0.4 is 33.2 Å². The van der Waals surface area contributed by atoms with Crippen LogP contribution >= 0.6 is 0 Å². The highest BCUT2D eigenvalue weighted by Crippen LogP contribution is 2.37. The number of rotatable bonds is 10. The summed E-state index contributed by atoms with van der Waals surface area (Å²) >= 11 is 0. The molecule has 2 aliphatic heterocycles. The summed E-state index contributed by atoms with van der Waals surface area (Å²) in [4.78, 5) is 11.4. The van der Waals surface area contributed by atoms with Gasteiger partial charge in [-0.05, 0) is 58.2 Å². The number of carbonyl (C=O) groups is 1. The predicted octanol–water partition coefficient (Wildman–Crippen LogP) is -3.42. The molecule has 38 heavy (non-hydrogen) atoms. The fraction of sp³-hybridized carbons (Fsp3) is 0.880. The van der Waals surface area contributed by atoms with Crippen LogP contribution in [0.2, 0.25) is 0 Å². The van der Waals surface area contributed by atoms with Crippen molar-refractivity contribution < 1.29 is 34.3 Å². The molecule has 13 nitrogen and oxygen atoms in total. The average Bonchev–Trinajstić information content (AvgIpc) is 2.85. The van der Waals surface area contributed by atoms with Gasteiger partial charge in [-0.1, -0.05) is 0 Å². The first-order chi connectivity index (χ1) is 18.1. The molecule has 218 valence electrons. The highest BCUT2D eigenvalue weighted by molar-refractivity contribution is 5.47. The lowest BCUT2D eigenvalue weighted by Gasteiger charge is -2.50. The normalized spacial score (nSPS) is 47.4. The average molecular weight is 543 g/mol. The maximum absolute atomic E-state index is 11.7. The molecule has 2 aliphatic carbocycles. The number of nitrogens with one attached hydrogen (secondary N) is 3. The Morgan fingerprint density at radius 3 is 2.58 bits per heavy atom. The zero-order valence-corrected chi connectivity index (χ0v) is 22.2. The van der Waals surface area contributed by atoms with E-state index in [0.29, 0.717) is 30.9 Å². The topological polar surface area (TPSA) is 220 Å². The van der Waals surface area contributed by atoms with E-state index in [2.05, 4.69) is 16.0 Å². The van der Waals surface area contributed by atoms with Gasteiger partial charge in [0.2, 0.25) is 6.41 Å². The number of hydrogen-bond acceptors (Lipinski definition) is 12. The highest BCUT2D eigenvalue weighted by Gasteiger charge is 2.53. The number of carbonyl (C=O) groups excluding carboxylic acids is 1. The van der Waals surface area contributed by atoms with Crippen LogP contribution in [0.5, 0.6) is 0 Å². The van der Waals surface area contributed by atoms with Crippen LogP contribution in [0, 0.1) is 11.8 Å². The van der Waals surface area contributed by atoms with E-state index in [4.69, 9.17) is 31.4 Å². The van der Waals surface area contributed by atoms with Gasteiger partial charge in [0.15, 0.2) is 6.29 Å². The summed E-state index contributed by atoms with van der Waals surface area (Å²) in [6.45, 7) is 2.47. The van der Waals surface area contributed by atoms with Gasteiger partial charge in [0.25, 0.3) is 0 Å². The molecule has 13 heteroatoms. The summed E-state index contributed by atoms with van der Waals surface area (Å²) in [6, 6.07) is -1.75. The summed E-state index contributed by atoms with van der Waals surface area (Å²) in [5.41, 5.74) is 17.1. The first-order valence-corrected chi connectivity index (χ1v) is 13.6. The SMILES string of the molecule is CN[C@@H]1[C@@H](O)[C@@H](O[C@H]2[C@H](NC=O)C[C@H](N)C([C@H]3OC(CN)=CC[C@H]3NCC3CC(N)C3)[C@@H]2O)OC[C@]1(C)O. The van der Waals surface area contributed by atoms with Crippen LogP contribution in [-0.2, 0) is 19.0 Å². The molecule has 3 fully saturated rings. The second-order valence-electron chi connectivity index (χ2n) is 11.6. The third-order valence-corrected chi connectivity index (χ3v) is 8.67. The van der Waals surface area contributed by atoms with Crippen LogP contribution in [0.3, 0.4) is 0 Å². The van der Waals surface area contributed by atoms with E-state index in [1.807, 2.05) is 6.08 Å². The second kappa shape index (κ2) is 12.4. The number of ether oxygens (including phenoxy) is 3. The number of nitrogens with two attached hydrogens (primary N) is 3. The quantitative estimate of drug-likeness (QED) is 0.123. The molecule has 11 atom stereocenters. The van der Waals surface area contributed by atoms with E-state index in [1.54, 1.807) is 14.0 Å². The van der Waals surface area contributed by atoms with E-state index in [1.165, 1.54) is 0 Å². The van der Waals surface area contributed by atoms with Gasteiger partial charge in [-0.15, -0.1) is 0 Å². The maximum Gasteiger partial charge on any atom is 0.207 e. The van der Waals surface area contributed by atoms with E-state index < -0.39 is 60.4 Å². The number of likely N-dealkylation sites (N-methyl/N-ethyl adjacent to an activating group) is 1. The molecule has 0 radical (unpaired) electrons. The van der Waals surface area contributed by atoms with Crippen molar-refractivity contribution >= 4 is 6.41 Å². The van der Waals surface area contributed by atoms with Gasteiger partial charge >= 0.3 is 0 Å². The lowest BCUT2D eigenvalue weighted by molar-refractivity contribution is -0.297. The van der Waals surface area contributed by atoms with Gasteiger partial charge in [0, 0.05) is 24.0 Å². The van der Waals surface area contributed by atoms with Crippen LogP contribution in [-0.4, -0.2) is 115 Å². The Morgan fingerprint density at radius 1 is 1.21 bits per heavy atom. The van der Waals surface area contributed by atoms with Crippen molar-refractivity contribution in [2.45, 2.75) is 99.1 Å². The summed E-state index contributed by atoms with van der Waals surface area (Å²) in [5.74, 6) is 0.564. The molecule has 0 aromatic carbocycles. The van der Waals surface area contributed by atoms with Crippen molar-refractivity contribution in [3.8, 4) is 0 Å². The molecule has 12 N–H and O–H groups in total. The van der Waals surface area contributed by atoms with Crippen molar-refractivity contribution in [2.24, 2.45) is 29.0 Å². The maximum atomic E-state index is 11.7. The Balaban J connectivity index is 1.53. The first kappa shape index (κ1) is 29.6. The van der Waals surface area contributed by atoms with Crippen LogP contribution in [0.4, 0.5) is 0 Å². The lowest BCUT2D eigenvalue weighted by Crippen LogP contribution is -2.69. The Bertz CT molecular complexity index is 828. The number of aliphatic hydroxyl groups excluding tert-OH is 2. The predicted molar refractivity (Wildman–Crippen MR) is 138 cm³/mol. The minimum atomic E-state index is -1.32. The fourth-order valence-electron chi connectivity index (χ4n) is 6.53. The van der Waals surface area contributed by atoms with E-state index in [0.717, 1.165) is 19.4 Å². The molecule has 0 aromatic heterocycles. The summed E-state index contributed by atoms with van der Waals surface area (Å²) in [5, 5.41) is 42.4. The van der Waals surface area contributed by atoms with Gasteiger partial charge in [0.1, 0.15) is 29.7 Å². The van der Waals surface area contributed by atoms with Crippen LogP contribution in [0.15, 0.2) is 11.8 Å². The van der Waals surface area contributed by atoms with Gasteiger partial charge < -0.3 is 62.7 Å². The third kappa shape index (κ3) is 6.17. The molecule has 2 heterocycles. The number of aliphatic hydroxyl groups is 3. The molecule has 4 aliphatic rings. The third-order valence-electron chi connectivity index (χ3n) is 8.67. The lowest BCUT2D eigenvalue weighted by atomic mass is 9.72. The zero-order valence-electron chi connectivity index (χ0n) is 22.2. The van der Waals surface area contributed by atoms with Gasteiger partial charge in [-0.25, -0.2) is 0 Å². The van der Waals surface area contributed by atoms with Crippen molar-refractivity contribution in [2.75, 3.05) is 26.7 Å². The highest BCUT2D eigenvalue weighted by atomic mass is 16.7. The van der Waals surface area contributed by atoms with E-state index in [9.17, 15) is 20.1 Å². The summed E-state index contributed by atoms with van der Waals surface area (Å²) in [7, 11) is 1.62. The zero-order chi connectivity index (χ0) is 27.6. The van der Waals surface area contributed by atoms with Gasteiger partial charge in [-0.3, -0.25) is 4.79 Å². The van der Waals surface area contributed by atoms with Gasteiger partial charge in [-0.2, -0.15) is 0 Å². The largest absolute Gasteiger partial charge is 0.492 e. The smallest absolute Gasteiger partial charge is 0.207 e. The molecule has 0 spiro atoms. The molecule has 1 unspecified atom stereocenters. The Hall–Kier alpha value is -1.39. The van der Waals surface area contributed by atoms with E-state index >= 15 is 0 Å². The summed E-state index contributed by atoms with van der Waals surface area (Å²) in [6.07, 6.45) is 0.428. The molecule has 1 saturated heterocycles. The minimum absolute atomic E-state index is 0.0923. The monoisotopic (exact) mass is 542 g/mol. The van der Waals surface area contributed by atoms with E-state index in [-0.39, 0.29) is 25.2 Å². The Kier molecular flexibility index (Phi) is 9.67. The number of hydrogen-bond donors (Lipinski definition) is 9. The Morgan fingerprint density at radius 2 is 1.95 bits per heavy atom. The van der Waals surface area contributed by atoms with Crippen molar-refractivity contribution in [1.82, 2.24) is 16.0 Å². The molecule has 4 rings (SSSR count). The molecule has 0 aromatic rings. The van der Waals surface area contributed by atoms with Crippen LogP contribution in [0.1, 0.15) is 32.6 Å². The molecular formula is C25H46N6O7. The standard InChI is InChI=1S/C25H46N6O7/c1-25(35)10-36-24(20(34)23(25)29-2)38-22-17(31-11-32)7-15(28)18(19(22)33)21-16(4-3-14(8-26)37-21)30-9-12-5-13(27)6-12/h3,11-13,15-24,29-30,33-35H,4-10,26-28H2,1-2H3,(H,31,32)/t12?,13?,15-,16+,17+,18?,19-,20+,21-,22-,23+,24+,25-/m0/s1. The van der Waals surface area contributed by atoms with Gasteiger partial charge in [0.05, 0.1) is 31.3 Å². The second-order valence-corrected chi connectivity index (χ2v) is 11.6. The Labute approximate surface area is 223 Å². The molecule has 1 amide bonds. The van der Waals surface area contributed by atoms with Crippen molar-refractivity contribution in [3.05, 3.63) is 11.8 Å². The van der Waals surface area contributed by atoms with Crippen molar-refractivity contribution in [3.63, 3.8) is 0 Å². The minimum Gasteiger partial charge on any atom is -0.492 e. The summed E-state index contributed by atoms with van der Waals surface area (Å²) < 4.78 is 18.1. The fourth-order valence-corrected chi connectivity index (χ4v) is 6.53. The first-order valence-electron chi connectivity index (χ1n) is 13.6. The number of amides is 1. The molecule has 2 saturated carbocycles. The molecule has 0 bridgehead atoms. The van der Waals surface area contributed by atoms with Crippen LogP contribution in [0.25, 0.3) is 0 Å². The van der Waals surface area contributed by atoms with Crippen molar-refractivity contribution in [1.29, 1.82) is 0 Å².